The summed E-state index contributed by atoms with van der Waals surface area (Å²) in [5, 5.41) is 15.1. The Labute approximate surface area is 167 Å². The first-order chi connectivity index (χ1) is 13.5. The third kappa shape index (κ3) is 4.61. The van der Waals surface area contributed by atoms with E-state index in [1.165, 1.54) is 16.4 Å². The number of nitrogens with zero attached hydrogens (tertiary/aromatic N) is 4. The molecule has 8 nitrogen and oxygen atoms in total. The molecule has 0 saturated heterocycles. The molecule has 146 valence electrons. The average molecular weight is 399 g/mol. The Bertz CT molecular complexity index is 969. The van der Waals surface area contributed by atoms with Gasteiger partial charge in [-0.1, -0.05) is 17.8 Å². The molecule has 9 heteroatoms. The number of rotatable bonds is 7. The van der Waals surface area contributed by atoms with E-state index in [4.69, 9.17) is 9.47 Å². The van der Waals surface area contributed by atoms with Crippen LogP contribution in [0.25, 0.3) is 5.69 Å². The maximum atomic E-state index is 12.3. The summed E-state index contributed by atoms with van der Waals surface area (Å²) in [6.07, 6.45) is 0. The van der Waals surface area contributed by atoms with E-state index >= 15 is 0 Å². The number of tetrazole rings is 1. The molecule has 0 unspecified atom stereocenters. The summed E-state index contributed by atoms with van der Waals surface area (Å²) in [5.74, 6) is 1.27. The van der Waals surface area contributed by atoms with Crippen molar-refractivity contribution in [2.45, 2.75) is 19.0 Å². The largest absolute Gasteiger partial charge is 0.497 e. The minimum absolute atomic E-state index is 0.137. The van der Waals surface area contributed by atoms with E-state index < -0.39 is 0 Å². The van der Waals surface area contributed by atoms with Crippen LogP contribution >= 0.6 is 11.8 Å². The number of carbonyl (C=O) groups is 1. The van der Waals surface area contributed by atoms with Gasteiger partial charge in [-0.05, 0) is 59.7 Å². The van der Waals surface area contributed by atoms with Gasteiger partial charge in [0.1, 0.15) is 17.2 Å². The number of aryl methyl sites for hydroxylation is 2. The molecule has 3 rings (SSSR count). The SMILES string of the molecule is COc1ccc(OC)c(-n2nnnc2SCC(=O)Nc2cc(C)cc(C)c2)c1. The van der Waals surface area contributed by atoms with Crippen molar-refractivity contribution < 1.29 is 14.3 Å². The van der Waals surface area contributed by atoms with Crippen LogP contribution < -0.4 is 14.8 Å². The van der Waals surface area contributed by atoms with Crippen molar-refractivity contribution in [2.24, 2.45) is 0 Å². The molecule has 3 aromatic rings. The standard InChI is InChI=1S/C19H21N5O3S/c1-12-7-13(2)9-14(8-12)20-18(25)11-28-19-21-22-23-24(19)16-10-15(26-3)5-6-17(16)27-4/h5-10H,11H2,1-4H3,(H,20,25). The summed E-state index contributed by atoms with van der Waals surface area (Å²) in [4.78, 5) is 12.3. The number of amides is 1. The number of anilines is 1. The molecule has 0 aliphatic carbocycles. The maximum absolute atomic E-state index is 12.3. The highest BCUT2D eigenvalue weighted by atomic mass is 32.2. The fourth-order valence-corrected chi connectivity index (χ4v) is 3.44. The van der Waals surface area contributed by atoms with Gasteiger partial charge in [-0.3, -0.25) is 4.79 Å². The zero-order valence-corrected chi connectivity index (χ0v) is 16.9. The van der Waals surface area contributed by atoms with Gasteiger partial charge in [-0.25, -0.2) is 0 Å². The fraction of sp³-hybridized carbons (Fsp3) is 0.263. The molecule has 2 aromatic carbocycles. The van der Waals surface area contributed by atoms with E-state index in [0.717, 1.165) is 16.8 Å². The predicted octanol–water partition coefficient (Wildman–Crippen LogP) is 3.03. The molecule has 0 saturated carbocycles. The number of nitrogens with one attached hydrogen (secondary N) is 1. The minimum Gasteiger partial charge on any atom is -0.497 e. The van der Waals surface area contributed by atoms with E-state index in [2.05, 4.69) is 26.9 Å². The van der Waals surface area contributed by atoms with E-state index in [-0.39, 0.29) is 11.7 Å². The Hall–Kier alpha value is -3.07. The number of carbonyl (C=O) groups excluding carboxylic acids is 1. The summed E-state index contributed by atoms with van der Waals surface area (Å²) in [6, 6.07) is 11.3. The molecule has 0 aliphatic rings. The third-order valence-electron chi connectivity index (χ3n) is 3.89. The monoisotopic (exact) mass is 399 g/mol. The van der Waals surface area contributed by atoms with Crippen LogP contribution in [0.3, 0.4) is 0 Å². The Morgan fingerprint density at radius 3 is 2.54 bits per heavy atom. The number of hydrogen-bond acceptors (Lipinski definition) is 7. The fourth-order valence-electron chi connectivity index (χ4n) is 2.76. The number of methoxy groups -OCH3 is 2. The van der Waals surface area contributed by atoms with Crippen molar-refractivity contribution in [1.82, 2.24) is 20.2 Å². The Morgan fingerprint density at radius 1 is 1.11 bits per heavy atom. The summed E-state index contributed by atoms with van der Waals surface area (Å²) in [6.45, 7) is 3.99. The molecule has 28 heavy (non-hydrogen) atoms. The van der Waals surface area contributed by atoms with Crippen LogP contribution in [0.5, 0.6) is 11.5 Å². The summed E-state index contributed by atoms with van der Waals surface area (Å²) in [5.41, 5.74) is 3.59. The van der Waals surface area contributed by atoms with E-state index in [9.17, 15) is 4.79 Å². The lowest BCUT2D eigenvalue weighted by Gasteiger charge is -2.11. The highest BCUT2D eigenvalue weighted by molar-refractivity contribution is 7.99. The van der Waals surface area contributed by atoms with E-state index in [1.807, 2.05) is 26.0 Å². The maximum Gasteiger partial charge on any atom is 0.234 e. The first-order valence-electron chi connectivity index (χ1n) is 8.52. The molecular weight excluding hydrogens is 378 g/mol. The van der Waals surface area contributed by atoms with Crippen LogP contribution in [-0.4, -0.2) is 46.1 Å². The average Bonchev–Trinajstić information content (AvgIpc) is 3.13. The minimum atomic E-state index is -0.137. The molecule has 1 aromatic heterocycles. The van der Waals surface area contributed by atoms with Crippen LogP contribution in [0.2, 0.25) is 0 Å². The molecule has 0 fully saturated rings. The summed E-state index contributed by atoms with van der Waals surface area (Å²) >= 11 is 1.24. The lowest BCUT2D eigenvalue weighted by molar-refractivity contribution is -0.113. The molecule has 0 atom stereocenters. The van der Waals surface area contributed by atoms with Gasteiger partial charge in [-0.2, -0.15) is 4.68 Å². The van der Waals surface area contributed by atoms with Crippen LogP contribution in [0.4, 0.5) is 5.69 Å². The normalized spacial score (nSPS) is 10.6. The lowest BCUT2D eigenvalue weighted by Crippen LogP contribution is -2.15. The first kappa shape index (κ1) is 19.7. The zero-order valence-electron chi connectivity index (χ0n) is 16.1. The number of benzene rings is 2. The second-order valence-corrected chi connectivity index (χ2v) is 7.07. The van der Waals surface area contributed by atoms with Crippen molar-refractivity contribution in [2.75, 3.05) is 25.3 Å². The van der Waals surface area contributed by atoms with Gasteiger partial charge in [0.25, 0.3) is 0 Å². The zero-order chi connectivity index (χ0) is 20.1. The van der Waals surface area contributed by atoms with Gasteiger partial charge in [0, 0.05) is 11.8 Å². The Balaban J connectivity index is 1.73. The Kier molecular flexibility index (Phi) is 6.15. The number of hydrogen-bond donors (Lipinski definition) is 1. The van der Waals surface area contributed by atoms with Crippen molar-refractivity contribution in [3.05, 3.63) is 47.5 Å². The van der Waals surface area contributed by atoms with Gasteiger partial charge in [0.2, 0.25) is 11.1 Å². The van der Waals surface area contributed by atoms with Crippen LogP contribution in [0, 0.1) is 13.8 Å². The van der Waals surface area contributed by atoms with Gasteiger partial charge >= 0.3 is 0 Å². The van der Waals surface area contributed by atoms with Crippen LogP contribution in [0.1, 0.15) is 11.1 Å². The van der Waals surface area contributed by atoms with Crippen LogP contribution in [-0.2, 0) is 4.79 Å². The predicted molar refractivity (Wildman–Crippen MR) is 108 cm³/mol. The van der Waals surface area contributed by atoms with Crippen molar-refractivity contribution in [1.29, 1.82) is 0 Å². The molecule has 1 N–H and O–H groups in total. The van der Waals surface area contributed by atoms with E-state index in [1.54, 1.807) is 32.4 Å². The van der Waals surface area contributed by atoms with Gasteiger partial charge in [-0.15, -0.1) is 5.10 Å². The summed E-state index contributed by atoms with van der Waals surface area (Å²) < 4.78 is 12.2. The molecule has 0 aliphatic heterocycles. The van der Waals surface area contributed by atoms with Gasteiger partial charge < -0.3 is 14.8 Å². The van der Waals surface area contributed by atoms with Gasteiger partial charge in [0.15, 0.2) is 0 Å². The highest BCUT2D eigenvalue weighted by Gasteiger charge is 2.16. The first-order valence-corrected chi connectivity index (χ1v) is 9.50. The molecule has 0 radical (unpaired) electrons. The molecule has 1 amide bonds. The van der Waals surface area contributed by atoms with Crippen LogP contribution in [0.15, 0.2) is 41.6 Å². The lowest BCUT2D eigenvalue weighted by atomic mass is 10.1. The number of ether oxygens (including phenoxy) is 2. The number of aromatic nitrogens is 4. The Morgan fingerprint density at radius 2 is 1.86 bits per heavy atom. The second kappa shape index (κ2) is 8.75. The van der Waals surface area contributed by atoms with Crippen molar-refractivity contribution in [3.8, 4) is 17.2 Å². The van der Waals surface area contributed by atoms with E-state index in [0.29, 0.717) is 22.3 Å². The van der Waals surface area contributed by atoms with Gasteiger partial charge in [0.05, 0.1) is 20.0 Å². The number of thioether (sulfide) groups is 1. The highest BCUT2D eigenvalue weighted by Crippen LogP contribution is 2.29. The summed E-state index contributed by atoms with van der Waals surface area (Å²) in [7, 11) is 3.15. The molecule has 1 heterocycles. The topological polar surface area (TPSA) is 91.2 Å². The molecular formula is C19H21N5O3S. The molecule has 0 bridgehead atoms. The third-order valence-corrected chi connectivity index (χ3v) is 4.81. The van der Waals surface area contributed by atoms with Crippen molar-refractivity contribution >= 4 is 23.4 Å². The second-order valence-electron chi connectivity index (χ2n) is 6.12. The smallest absolute Gasteiger partial charge is 0.234 e. The molecule has 0 spiro atoms. The quantitative estimate of drug-likeness (QED) is 0.611. The van der Waals surface area contributed by atoms with Crippen molar-refractivity contribution in [3.63, 3.8) is 0 Å².